The van der Waals surface area contributed by atoms with Crippen molar-refractivity contribution in [2.75, 3.05) is 19.5 Å². The van der Waals surface area contributed by atoms with Gasteiger partial charge in [-0.05, 0) is 24.6 Å². The zero-order valence-electron chi connectivity index (χ0n) is 10.2. The predicted molar refractivity (Wildman–Crippen MR) is 66.7 cm³/mol. The Morgan fingerprint density at radius 3 is 2.76 bits per heavy atom. The molecule has 1 N–H and O–H groups in total. The summed E-state index contributed by atoms with van der Waals surface area (Å²) in [4.78, 5) is 4.37. The molecule has 2 aromatic rings. The highest BCUT2D eigenvalue weighted by Crippen LogP contribution is 2.25. The highest BCUT2D eigenvalue weighted by Gasteiger charge is 2.08. The van der Waals surface area contributed by atoms with Crippen molar-refractivity contribution >= 4 is 16.6 Å². The van der Waals surface area contributed by atoms with Gasteiger partial charge in [-0.3, -0.25) is 4.98 Å². The minimum absolute atomic E-state index is 0.235. The van der Waals surface area contributed by atoms with Crippen LogP contribution in [0.2, 0.25) is 0 Å². The van der Waals surface area contributed by atoms with Crippen LogP contribution >= 0.6 is 0 Å². The first-order valence-electron chi connectivity index (χ1n) is 5.42. The number of pyridine rings is 1. The number of methoxy groups -OCH3 is 1. The second-order valence-electron chi connectivity index (χ2n) is 3.96. The summed E-state index contributed by atoms with van der Waals surface area (Å²) in [6, 6.07) is 5.19. The van der Waals surface area contributed by atoms with Gasteiger partial charge >= 0.3 is 0 Å². The minimum Gasteiger partial charge on any atom is -0.388 e. The van der Waals surface area contributed by atoms with Crippen molar-refractivity contribution in [3.63, 3.8) is 0 Å². The van der Waals surface area contributed by atoms with Gasteiger partial charge in [-0.2, -0.15) is 0 Å². The molecule has 0 saturated carbocycles. The molecule has 0 atom stereocenters. The molecule has 0 spiro atoms. The Morgan fingerprint density at radius 1 is 1.35 bits per heavy atom. The molecular formula is C13H15FN2O. The number of nitrogens with zero attached hydrogens (tertiary/aromatic N) is 1. The third kappa shape index (κ3) is 2.22. The molecule has 0 aliphatic heterocycles. The van der Waals surface area contributed by atoms with Crippen molar-refractivity contribution in [1.82, 2.24) is 4.98 Å². The molecular weight excluding hydrogens is 219 g/mol. The summed E-state index contributed by atoms with van der Waals surface area (Å²) in [5, 5.41) is 4.02. The highest BCUT2D eigenvalue weighted by atomic mass is 19.1. The first kappa shape index (κ1) is 11.8. The van der Waals surface area contributed by atoms with Crippen molar-refractivity contribution in [1.29, 1.82) is 0 Å². The quantitative estimate of drug-likeness (QED) is 0.886. The van der Waals surface area contributed by atoms with E-state index in [1.54, 1.807) is 20.1 Å². The Morgan fingerprint density at radius 2 is 2.12 bits per heavy atom. The number of benzene rings is 1. The number of halogens is 1. The van der Waals surface area contributed by atoms with Crippen LogP contribution in [-0.4, -0.2) is 19.1 Å². The molecule has 0 aliphatic carbocycles. The fraction of sp³-hybridized carbons (Fsp3) is 0.308. The van der Waals surface area contributed by atoms with Gasteiger partial charge in [0.2, 0.25) is 0 Å². The monoisotopic (exact) mass is 234 g/mol. The van der Waals surface area contributed by atoms with Crippen LogP contribution in [0.5, 0.6) is 0 Å². The fourth-order valence-corrected chi connectivity index (χ4v) is 1.84. The molecule has 1 heterocycles. The van der Waals surface area contributed by atoms with Gasteiger partial charge in [0, 0.05) is 31.3 Å². The van der Waals surface area contributed by atoms with E-state index in [9.17, 15) is 4.39 Å². The number of aryl methyl sites for hydroxylation is 1. The summed E-state index contributed by atoms with van der Waals surface area (Å²) >= 11 is 0. The van der Waals surface area contributed by atoms with Crippen molar-refractivity contribution < 1.29 is 9.13 Å². The van der Waals surface area contributed by atoms with Gasteiger partial charge in [-0.1, -0.05) is 0 Å². The molecule has 4 heteroatoms. The first-order chi connectivity index (χ1) is 8.15. The lowest BCUT2D eigenvalue weighted by Gasteiger charge is -2.10. The summed E-state index contributed by atoms with van der Waals surface area (Å²) in [5.74, 6) is -0.235. The first-order valence-corrected chi connectivity index (χ1v) is 5.42. The zero-order valence-corrected chi connectivity index (χ0v) is 10.2. The van der Waals surface area contributed by atoms with Crippen molar-refractivity contribution in [3.05, 3.63) is 35.3 Å². The van der Waals surface area contributed by atoms with Crippen LogP contribution < -0.4 is 5.32 Å². The molecule has 0 fully saturated rings. The molecule has 0 bridgehead atoms. The summed E-state index contributed by atoms with van der Waals surface area (Å²) in [7, 11) is 3.45. The zero-order chi connectivity index (χ0) is 12.4. The van der Waals surface area contributed by atoms with Crippen LogP contribution in [0.1, 0.15) is 11.3 Å². The number of ether oxygens (including phenoxy) is 1. The molecule has 2 rings (SSSR count). The lowest BCUT2D eigenvalue weighted by Crippen LogP contribution is -1.99. The van der Waals surface area contributed by atoms with Gasteiger partial charge in [0.15, 0.2) is 0 Å². The van der Waals surface area contributed by atoms with Crippen molar-refractivity contribution in [3.8, 4) is 0 Å². The van der Waals surface area contributed by atoms with E-state index in [0.717, 1.165) is 16.8 Å². The van der Waals surface area contributed by atoms with E-state index in [0.29, 0.717) is 17.7 Å². The van der Waals surface area contributed by atoms with E-state index in [1.807, 2.05) is 13.1 Å². The normalized spacial score (nSPS) is 10.8. The van der Waals surface area contributed by atoms with Gasteiger partial charge in [0.1, 0.15) is 5.82 Å². The fourth-order valence-electron chi connectivity index (χ4n) is 1.84. The SMILES string of the molecule is CNc1cc(COC)nc2cc(F)c(C)cc12. The van der Waals surface area contributed by atoms with E-state index in [2.05, 4.69) is 10.3 Å². The molecule has 17 heavy (non-hydrogen) atoms. The van der Waals surface area contributed by atoms with Crippen LogP contribution in [0.15, 0.2) is 18.2 Å². The Hall–Kier alpha value is -1.68. The Balaban J connectivity index is 2.68. The maximum Gasteiger partial charge on any atom is 0.128 e. The molecule has 90 valence electrons. The largest absolute Gasteiger partial charge is 0.388 e. The number of hydrogen-bond donors (Lipinski definition) is 1. The van der Waals surface area contributed by atoms with Crippen LogP contribution in [-0.2, 0) is 11.3 Å². The third-order valence-electron chi connectivity index (χ3n) is 2.70. The maximum absolute atomic E-state index is 13.5. The van der Waals surface area contributed by atoms with Crippen LogP contribution in [0, 0.1) is 12.7 Å². The van der Waals surface area contributed by atoms with Gasteiger partial charge in [0.25, 0.3) is 0 Å². The number of anilines is 1. The maximum atomic E-state index is 13.5. The number of nitrogens with one attached hydrogen (secondary N) is 1. The average molecular weight is 234 g/mol. The third-order valence-corrected chi connectivity index (χ3v) is 2.70. The van der Waals surface area contributed by atoms with Crippen molar-refractivity contribution in [2.24, 2.45) is 0 Å². The summed E-state index contributed by atoms with van der Waals surface area (Å²) in [6.45, 7) is 2.16. The van der Waals surface area contributed by atoms with Gasteiger partial charge in [-0.15, -0.1) is 0 Å². The second-order valence-corrected chi connectivity index (χ2v) is 3.96. The lowest BCUT2D eigenvalue weighted by molar-refractivity contribution is 0.182. The molecule has 0 aliphatic rings. The number of rotatable bonds is 3. The summed E-state index contributed by atoms with van der Waals surface area (Å²) in [6.07, 6.45) is 0. The smallest absolute Gasteiger partial charge is 0.128 e. The number of fused-ring (bicyclic) bond motifs is 1. The van der Waals surface area contributed by atoms with E-state index in [-0.39, 0.29) is 5.82 Å². The van der Waals surface area contributed by atoms with Crippen LogP contribution in [0.4, 0.5) is 10.1 Å². The van der Waals surface area contributed by atoms with Gasteiger partial charge < -0.3 is 10.1 Å². The van der Waals surface area contributed by atoms with E-state index in [4.69, 9.17) is 4.74 Å². The molecule has 0 amide bonds. The molecule has 3 nitrogen and oxygen atoms in total. The molecule has 0 saturated heterocycles. The van der Waals surface area contributed by atoms with Gasteiger partial charge in [-0.25, -0.2) is 4.39 Å². The van der Waals surface area contributed by atoms with Crippen LogP contribution in [0.25, 0.3) is 10.9 Å². The summed E-state index contributed by atoms with van der Waals surface area (Å²) in [5.41, 5.74) is 2.99. The van der Waals surface area contributed by atoms with E-state index in [1.165, 1.54) is 6.07 Å². The molecule has 0 unspecified atom stereocenters. The highest BCUT2D eigenvalue weighted by molar-refractivity contribution is 5.92. The van der Waals surface area contributed by atoms with Gasteiger partial charge in [0.05, 0.1) is 17.8 Å². The Kier molecular flexibility index (Phi) is 3.24. The Labute approximate surface area is 99.6 Å². The minimum atomic E-state index is -0.235. The number of aromatic nitrogens is 1. The number of hydrogen-bond acceptors (Lipinski definition) is 3. The molecule has 0 radical (unpaired) electrons. The second kappa shape index (κ2) is 4.67. The Bertz CT molecular complexity index is 555. The standard InChI is InChI=1S/C13H15FN2O/c1-8-4-10-12(15-2)5-9(7-17-3)16-13(10)6-11(8)14/h4-6H,7H2,1-3H3,(H,15,16). The predicted octanol–water partition coefficient (Wildman–Crippen LogP) is 2.87. The average Bonchev–Trinajstić information content (AvgIpc) is 2.31. The van der Waals surface area contributed by atoms with Crippen molar-refractivity contribution in [2.45, 2.75) is 13.5 Å². The summed E-state index contributed by atoms with van der Waals surface area (Å²) < 4.78 is 18.6. The lowest BCUT2D eigenvalue weighted by atomic mass is 10.1. The molecule has 1 aromatic heterocycles. The van der Waals surface area contributed by atoms with E-state index >= 15 is 0 Å². The topological polar surface area (TPSA) is 34.1 Å². The van der Waals surface area contributed by atoms with Crippen LogP contribution in [0.3, 0.4) is 0 Å². The van der Waals surface area contributed by atoms with E-state index < -0.39 is 0 Å². The molecule has 1 aromatic carbocycles.